The van der Waals surface area contributed by atoms with Crippen LogP contribution in [0.1, 0.15) is 6.42 Å². The van der Waals surface area contributed by atoms with Crippen LogP contribution in [0.2, 0.25) is 0 Å². The minimum Gasteiger partial charge on any atom is -0.490 e. The molecule has 0 amide bonds. The molecule has 0 fully saturated rings. The number of para-hydroxylation sites is 1. The first-order valence-corrected chi connectivity index (χ1v) is 5.42. The molecule has 5 heteroatoms. The number of nitrogens with two attached hydrogens (primary N) is 1. The molecular weight excluding hydrogens is 221 g/mol. The number of halogens is 1. The van der Waals surface area contributed by atoms with Gasteiger partial charge in [-0.3, -0.25) is 4.68 Å². The summed E-state index contributed by atoms with van der Waals surface area (Å²) in [5, 5.41) is 4.04. The predicted octanol–water partition coefficient (Wildman–Crippen LogP) is 2.07. The average Bonchev–Trinajstić information content (AvgIpc) is 2.73. The van der Waals surface area contributed by atoms with Gasteiger partial charge in [0.2, 0.25) is 0 Å². The molecule has 0 aliphatic carbocycles. The van der Waals surface area contributed by atoms with E-state index in [4.69, 9.17) is 10.5 Å². The molecule has 0 saturated heterocycles. The summed E-state index contributed by atoms with van der Waals surface area (Å²) in [4.78, 5) is 0. The molecule has 0 aliphatic rings. The molecule has 0 aliphatic heterocycles. The summed E-state index contributed by atoms with van der Waals surface area (Å²) < 4.78 is 20.2. The fourth-order valence-electron chi connectivity index (χ4n) is 1.47. The Bertz CT molecular complexity index is 484. The summed E-state index contributed by atoms with van der Waals surface area (Å²) in [6, 6.07) is 8.10. The lowest BCUT2D eigenvalue weighted by Gasteiger charge is -2.06. The monoisotopic (exact) mass is 235 g/mol. The summed E-state index contributed by atoms with van der Waals surface area (Å²) in [5.41, 5.74) is 5.48. The molecule has 0 saturated carbocycles. The highest BCUT2D eigenvalue weighted by Gasteiger charge is 2.01. The molecule has 1 heterocycles. The van der Waals surface area contributed by atoms with Crippen LogP contribution < -0.4 is 10.5 Å². The number of anilines is 1. The van der Waals surface area contributed by atoms with Crippen LogP contribution in [-0.4, -0.2) is 16.4 Å². The zero-order valence-electron chi connectivity index (χ0n) is 9.34. The van der Waals surface area contributed by atoms with Crippen molar-refractivity contribution in [2.75, 3.05) is 12.3 Å². The molecule has 90 valence electrons. The van der Waals surface area contributed by atoms with Crippen LogP contribution in [0.5, 0.6) is 5.75 Å². The molecule has 2 rings (SSSR count). The fraction of sp³-hybridized carbons (Fsp3) is 0.250. The molecular formula is C12H14FN3O. The van der Waals surface area contributed by atoms with E-state index >= 15 is 0 Å². The zero-order valence-corrected chi connectivity index (χ0v) is 9.34. The van der Waals surface area contributed by atoms with E-state index in [1.165, 1.54) is 6.07 Å². The molecule has 0 spiro atoms. The predicted molar refractivity (Wildman–Crippen MR) is 63.2 cm³/mol. The van der Waals surface area contributed by atoms with Crippen molar-refractivity contribution >= 4 is 5.82 Å². The molecule has 0 bridgehead atoms. The Hall–Kier alpha value is -2.04. The second-order valence-corrected chi connectivity index (χ2v) is 3.64. The van der Waals surface area contributed by atoms with E-state index in [1.54, 1.807) is 35.1 Å². The lowest BCUT2D eigenvalue weighted by atomic mass is 10.3. The zero-order chi connectivity index (χ0) is 12.1. The van der Waals surface area contributed by atoms with Gasteiger partial charge in [0.1, 0.15) is 5.82 Å². The van der Waals surface area contributed by atoms with Crippen LogP contribution in [0.25, 0.3) is 0 Å². The Morgan fingerprint density at radius 3 is 2.82 bits per heavy atom. The highest BCUT2D eigenvalue weighted by Crippen LogP contribution is 2.15. The maximum absolute atomic E-state index is 13.2. The third-order valence-electron chi connectivity index (χ3n) is 2.29. The lowest BCUT2D eigenvalue weighted by molar-refractivity contribution is 0.285. The van der Waals surface area contributed by atoms with Crippen molar-refractivity contribution in [1.29, 1.82) is 0 Å². The molecule has 1 aromatic carbocycles. The van der Waals surface area contributed by atoms with Crippen LogP contribution in [0.4, 0.5) is 10.2 Å². The maximum atomic E-state index is 13.2. The van der Waals surface area contributed by atoms with Crippen molar-refractivity contribution < 1.29 is 9.13 Å². The molecule has 0 unspecified atom stereocenters. The van der Waals surface area contributed by atoms with E-state index in [2.05, 4.69) is 5.10 Å². The van der Waals surface area contributed by atoms with Crippen LogP contribution in [0.3, 0.4) is 0 Å². The van der Waals surface area contributed by atoms with Crippen molar-refractivity contribution in [2.24, 2.45) is 0 Å². The van der Waals surface area contributed by atoms with Gasteiger partial charge in [-0.1, -0.05) is 12.1 Å². The van der Waals surface area contributed by atoms with Gasteiger partial charge in [-0.05, 0) is 18.2 Å². The first-order valence-electron chi connectivity index (χ1n) is 5.42. The quantitative estimate of drug-likeness (QED) is 0.807. The Morgan fingerprint density at radius 2 is 2.12 bits per heavy atom. The molecule has 0 atom stereocenters. The second kappa shape index (κ2) is 5.34. The number of hydrogen-bond donors (Lipinski definition) is 1. The molecule has 2 aromatic rings. The topological polar surface area (TPSA) is 53.1 Å². The Labute approximate surface area is 98.8 Å². The van der Waals surface area contributed by atoms with E-state index in [9.17, 15) is 4.39 Å². The molecule has 17 heavy (non-hydrogen) atoms. The first-order chi connectivity index (χ1) is 8.25. The van der Waals surface area contributed by atoms with Crippen molar-refractivity contribution in [3.63, 3.8) is 0 Å². The Kier molecular flexibility index (Phi) is 3.59. The van der Waals surface area contributed by atoms with Gasteiger partial charge in [0.05, 0.1) is 6.61 Å². The van der Waals surface area contributed by atoms with Gasteiger partial charge >= 0.3 is 0 Å². The van der Waals surface area contributed by atoms with E-state index in [1.807, 2.05) is 0 Å². The number of nitrogen functional groups attached to an aromatic ring is 1. The van der Waals surface area contributed by atoms with Crippen molar-refractivity contribution in [2.45, 2.75) is 13.0 Å². The average molecular weight is 235 g/mol. The number of aryl methyl sites for hydroxylation is 1. The van der Waals surface area contributed by atoms with Crippen molar-refractivity contribution in [3.05, 3.63) is 42.3 Å². The van der Waals surface area contributed by atoms with Gasteiger partial charge in [0, 0.05) is 19.2 Å². The van der Waals surface area contributed by atoms with Gasteiger partial charge in [0.15, 0.2) is 11.6 Å². The minimum atomic E-state index is -0.337. The van der Waals surface area contributed by atoms with Crippen molar-refractivity contribution in [3.8, 4) is 5.75 Å². The van der Waals surface area contributed by atoms with Gasteiger partial charge in [-0.2, -0.15) is 5.10 Å². The number of rotatable bonds is 5. The highest BCUT2D eigenvalue weighted by molar-refractivity contribution is 5.24. The molecule has 2 N–H and O–H groups in total. The van der Waals surface area contributed by atoms with E-state index in [-0.39, 0.29) is 11.6 Å². The maximum Gasteiger partial charge on any atom is 0.165 e. The SMILES string of the molecule is Nc1ccn(CCCOc2ccccc2F)n1. The van der Waals surface area contributed by atoms with E-state index < -0.39 is 0 Å². The number of hydrogen-bond acceptors (Lipinski definition) is 3. The molecule has 4 nitrogen and oxygen atoms in total. The third-order valence-corrected chi connectivity index (χ3v) is 2.29. The smallest absolute Gasteiger partial charge is 0.165 e. The van der Waals surface area contributed by atoms with Gasteiger partial charge in [-0.25, -0.2) is 4.39 Å². The second-order valence-electron chi connectivity index (χ2n) is 3.64. The molecule has 1 aromatic heterocycles. The van der Waals surface area contributed by atoms with Gasteiger partial charge in [-0.15, -0.1) is 0 Å². The number of nitrogens with zero attached hydrogens (tertiary/aromatic N) is 2. The summed E-state index contributed by atoms with van der Waals surface area (Å²) in [6.45, 7) is 1.15. The van der Waals surface area contributed by atoms with E-state index in [0.29, 0.717) is 19.0 Å². The number of benzene rings is 1. The Morgan fingerprint density at radius 1 is 1.29 bits per heavy atom. The first kappa shape index (κ1) is 11.4. The number of aromatic nitrogens is 2. The summed E-state index contributed by atoms with van der Waals surface area (Å²) in [6.07, 6.45) is 2.55. The van der Waals surface area contributed by atoms with Crippen LogP contribution in [0.15, 0.2) is 36.5 Å². The number of ether oxygens (including phenoxy) is 1. The van der Waals surface area contributed by atoms with Crippen molar-refractivity contribution in [1.82, 2.24) is 9.78 Å². The Balaban J connectivity index is 1.75. The summed E-state index contributed by atoms with van der Waals surface area (Å²) in [5.74, 6) is 0.448. The largest absolute Gasteiger partial charge is 0.490 e. The minimum absolute atomic E-state index is 0.285. The van der Waals surface area contributed by atoms with Gasteiger partial charge < -0.3 is 10.5 Å². The van der Waals surface area contributed by atoms with Gasteiger partial charge in [0.25, 0.3) is 0 Å². The van der Waals surface area contributed by atoms with Crippen LogP contribution in [-0.2, 0) is 6.54 Å². The normalized spacial score (nSPS) is 10.4. The van der Waals surface area contributed by atoms with Crippen LogP contribution in [0, 0.1) is 5.82 Å². The molecule has 0 radical (unpaired) electrons. The van der Waals surface area contributed by atoms with Crippen LogP contribution >= 0.6 is 0 Å². The fourth-order valence-corrected chi connectivity index (χ4v) is 1.47. The highest BCUT2D eigenvalue weighted by atomic mass is 19.1. The summed E-state index contributed by atoms with van der Waals surface area (Å²) in [7, 11) is 0. The summed E-state index contributed by atoms with van der Waals surface area (Å²) >= 11 is 0. The third kappa shape index (κ3) is 3.21. The van der Waals surface area contributed by atoms with E-state index in [0.717, 1.165) is 6.42 Å². The standard InChI is InChI=1S/C12H14FN3O/c13-10-4-1-2-5-11(10)17-9-3-7-16-8-6-12(14)15-16/h1-2,4-6,8H,3,7,9H2,(H2,14,15). The lowest BCUT2D eigenvalue weighted by Crippen LogP contribution is -2.06.